The standard InChI is InChI=1S/C15H23ClN2O/c1-11-9-12(16)3-4-14(11)15(10-17)18(2)13-5-7-19-8-6-13/h3-4,9,13,15H,5-8,10,17H2,1-2H3. The van der Waals surface area contributed by atoms with Crippen molar-refractivity contribution in [2.45, 2.75) is 31.8 Å². The number of rotatable bonds is 4. The molecule has 0 bridgehead atoms. The van der Waals surface area contributed by atoms with Crippen LogP contribution in [-0.4, -0.2) is 37.7 Å². The van der Waals surface area contributed by atoms with Crippen LogP contribution in [0.25, 0.3) is 0 Å². The van der Waals surface area contributed by atoms with Gasteiger partial charge in [0, 0.05) is 36.9 Å². The van der Waals surface area contributed by atoms with Gasteiger partial charge < -0.3 is 10.5 Å². The minimum atomic E-state index is 0.250. The van der Waals surface area contributed by atoms with Crippen LogP contribution in [0.15, 0.2) is 18.2 Å². The second kappa shape index (κ2) is 6.71. The van der Waals surface area contributed by atoms with Gasteiger partial charge in [-0.25, -0.2) is 0 Å². The lowest BCUT2D eigenvalue weighted by atomic mass is 9.97. The molecular formula is C15H23ClN2O. The molecule has 1 unspecified atom stereocenters. The fourth-order valence-corrected chi connectivity index (χ4v) is 3.10. The van der Waals surface area contributed by atoms with E-state index in [1.165, 1.54) is 11.1 Å². The van der Waals surface area contributed by atoms with E-state index in [1.54, 1.807) is 0 Å². The molecule has 0 amide bonds. The van der Waals surface area contributed by atoms with Gasteiger partial charge in [0.25, 0.3) is 0 Å². The average Bonchev–Trinajstić information content (AvgIpc) is 2.42. The Bertz CT molecular complexity index is 419. The van der Waals surface area contributed by atoms with E-state index in [1.807, 2.05) is 12.1 Å². The van der Waals surface area contributed by atoms with E-state index in [0.717, 1.165) is 31.1 Å². The van der Waals surface area contributed by atoms with E-state index >= 15 is 0 Å². The van der Waals surface area contributed by atoms with Gasteiger partial charge in [0.2, 0.25) is 0 Å². The van der Waals surface area contributed by atoms with Gasteiger partial charge in [-0.05, 0) is 50.1 Å². The fraction of sp³-hybridized carbons (Fsp3) is 0.600. The van der Waals surface area contributed by atoms with Crippen LogP contribution >= 0.6 is 11.6 Å². The Kier molecular flexibility index (Phi) is 5.22. The molecule has 1 heterocycles. The van der Waals surface area contributed by atoms with E-state index in [0.29, 0.717) is 12.6 Å². The molecule has 3 nitrogen and oxygen atoms in total. The summed E-state index contributed by atoms with van der Waals surface area (Å²) in [6.45, 7) is 4.43. The van der Waals surface area contributed by atoms with Crippen LogP contribution < -0.4 is 5.73 Å². The van der Waals surface area contributed by atoms with E-state index in [2.05, 4.69) is 24.9 Å². The molecule has 1 aromatic carbocycles. The van der Waals surface area contributed by atoms with Crippen LogP contribution in [0.3, 0.4) is 0 Å². The summed E-state index contributed by atoms with van der Waals surface area (Å²) in [5, 5.41) is 0.783. The van der Waals surface area contributed by atoms with Crippen LogP contribution in [0.1, 0.15) is 30.0 Å². The van der Waals surface area contributed by atoms with Gasteiger partial charge in [0.05, 0.1) is 0 Å². The number of aryl methyl sites for hydroxylation is 1. The first-order chi connectivity index (χ1) is 9.13. The van der Waals surface area contributed by atoms with Crippen molar-refractivity contribution >= 4 is 11.6 Å². The Morgan fingerprint density at radius 1 is 1.42 bits per heavy atom. The predicted octanol–water partition coefficient (Wildman–Crippen LogP) is 2.76. The smallest absolute Gasteiger partial charge is 0.0480 e. The molecule has 2 N–H and O–H groups in total. The van der Waals surface area contributed by atoms with Crippen molar-refractivity contribution in [2.75, 3.05) is 26.8 Å². The highest BCUT2D eigenvalue weighted by atomic mass is 35.5. The molecule has 1 aromatic rings. The van der Waals surface area contributed by atoms with E-state index in [9.17, 15) is 0 Å². The minimum Gasteiger partial charge on any atom is -0.381 e. The van der Waals surface area contributed by atoms with E-state index < -0.39 is 0 Å². The molecule has 2 rings (SSSR count). The first kappa shape index (κ1) is 14.8. The molecule has 1 aliphatic rings. The Hall–Kier alpha value is -0.610. The summed E-state index contributed by atoms with van der Waals surface area (Å²) in [4.78, 5) is 2.40. The summed E-state index contributed by atoms with van der Waals surface area (Å²) >= 11 is 6.03. The lowest BCUT2D eigenvalue weighted by Gasteiger charge is -2.37. The summed E-state index contributed by atoms with van der Waals surface area (Å²) in [5.41, 5.74) is 8.50. The SMILES string of the molecule is Cc1cc(Cl)ccc1C(CN)N(C)C1CCOCC1. The molecule has 0 aromatic heterocycles. The van der Waals surface area contributed by atoms with Crippen molar-refractivity contribution in [1.82, 2.24) is 4.90 Å². The van der Waals surface area contributed by atoms with Gasteiger partial charge in [-0.2, -0.15) is 0 Å². The maximum atomic E-state index is 6.03. The van der Waals surface area contributed by atoms with Crippen molar-refractivity contribution in [3.63, 3.8) is 0 Å². The zero-order valence-corrected chi connectivity index (χ0v) is 12.5. The zero-order chi connectivity index (χ0) is 13.8. The van der Waals surface area contributed by atoms with E-state index in [4.69, 9.17) is 22.1 Å². The summed E-state index contributed by atoms with van der Waals surface area (Å²) < 4.78 is 5.43. The number of nitrogens with zero attached hydrogens (tertiary/aromatic N) is 1. The Morgan fingerprint density at radius 3 is 2.68 bits per heavy atom. The van der Waals surface area contributed by atoms with Crippen LogP contribution in [0, 0.1) is 6.92 Å². The predicted molar refractivity (Wildman–Crippen MR) is 79.6 cm³/mol. The van der Waals surface area contributed by atoms with Crippen molar-refractivity contribution in [3.05, 3.63) is 34.3 Å². The number of benzene rings is 1. The third-order valence-electron chi connectivity index (χ3n) is 4.07. The third-order valence-corrected chi connectivity index (χ3v) is 4.31. The molecule has 1 aliphatic heterocycles. The van der Waals surface area contributed by atoms with Crippen LogP contribution in [0.5, 0.6) is 0 Å². The molecule has 0 spiro atoms. The maximum absolute atomic E-state index is 6.03. The van der Waals surface area contributed by atoms with Crippen LogP contribution in [-0.2, 0) is 4.74 Å². The third kappa shape index (κ3) is 3.48. The number of hydrogen-bond donors (Lipinski definition) is 1. The summed E-state index contributed by atoms with van der Waals surface area (Å²) in [6, 6.07) is 6.87. The molecule has 0 saturated carbocycles. The quantitative estimate of drug-likeness (QED) is 0.923. The molecule has 0 radical (unpaired) electrons. The number of halogens is 1. The molecule has 0 aliphatic carbocycles. The average molecular weight is 283 g/mol. The molecule has 19 heavy (non-hydrogen) atoms. The van der Waals surface area contributed by atoms with Crippen molar-refractivity contribution in [3.8, 4) is 0 Å². The highest BCUT2D eigenvalue weighted by Gasteiger charge is 2.25. The molecule has 106 valence electrons. The first-order valence-electron chi connectivity index (χ1n) is 6.89. The topological polar surface area (TPSA) is 38.5 Å². The normalized spacial score (nSPS) is 18.8. The molecule has 1 atom stereocenters. The minimum absolute atomic E-state index is 0.250. The van der Waals surface area contributed by atoms with Crippen molar-refractivity contribution in [1.29, 1.82) is 0 Å². The Morgan fingerprint density at radius 2 is 2.11 bits per heavy atom. The van der Waals surface area contributed by atoms with Gasteiger partial charge in [-0.1, -0.05) is 17.7 Å². The van der Waals surface area contributed by atoms with Gasteiger partial charge in [-0.15, -0.1) is 0 Å². The Labute approximate surface area is 120 Å². The first-order valence-corrected chi connectivity index (χ1v) is 7.27. The van der Waals surface area contributed by atoms with Crippen LogP contribution in [0.4, 0.5) is 0 Å². The van der Waals surface area contributed by atoms with Crippen molar-refractivity contribution < 1.29 is 4.74 Å². The number of likely N-dealkylation sites (N-methyl/N-ethyl adjacent to an activating group) is 1. The van der Waals surface area contributed by atoms with Gasteiger partial charge in [0.1, 0.15) is 0 Å². The lowest BCUT2D eigenvalue weighted by molar-refractivity contribution is 0.0293. The molecule has 4 heteroatoms. The van der Waals surface area contributed by atoms with Gasteiger partial charge in [-0.3, -0.25) is 4.90 Å². The summed E-state index contributed by atoms with van der Waals surface area (Å²) in [7, 11) is 2.17. The van der Waals surface area contributed by atoms with Crippen LogP contribution in [0.2, 0.25) is 5.02 Å². The largest absolute Gasteiger partial charge is 0.381 e. The van der Waals surface area contributed by atoms with Gasteiger partial charge >= 0.3 is 0 Å². The summed E-state index contributed by atoms with van der Waals surface area (Å²) in [6.07, 6.45) is 2.17. The van der Waals surface area contributed by atoms with Crippen molar-refractivity contribution in [2.24, 2.45) is 5.73 Å². The Balaban J connectivity index is 2.18. The van der Waals surface area contributed by atoms with E-state index in [-0.39, 0.29) is 6.04 Å². The maximum Gasteiger partial charge on any atom is 0.0480 e. The zero-order valence-electron chi connectivity index (χ0n) is 11.7. The number of ether oxygens (including phenoxy) is 1. The molecular weight excluding hydrogens is 260 g/mol. The summed E-state index contributed by atoms with van der Waals surface area (Å²) in [5.74, 6) is 0. The monoisotopic (exact) mass is 282 g/mol. The highest BCUT2D eigenvalue weighted by Crippen LogP contribution is 2.28. The molecule has 1 saturated heterocycles. The number of nitrogens with two attached hydrogens (primary N) is 1. The highest BCUT2D eigenvalue weighted by molar-refractivity contribution is 6.30. The second-order valence-electron chi connectivity index (χ2n) is 5.26. The lowest BCUT2D eigenvalue weighted by Crippen LogP contribution is -2.41. The second-order valence-corrected chi connectivity index (χ2v) is 5.70. The fourth-order valence-electron chi connectivity index (χ4n) is 2.87. The molecule has 1 fully saturated rings. The van der Waals surface area contributed by atoms with Gasteiger partial charge in [0.15, 0.2) is 0 Å². The number of hydrogen-bond acceptors (Lipinski definition) is 3.